The number of nitrogens with zero attached hydrogens (tertiary/aromatic N) is 2. The first-order chi connectivity index (χ1) is 20.1. The van der Waals surface area contributed by atoms with E-state index in [2.05, 4.69) is 5.32 Å². The fourth-order valence-corrected chi connectivity index (χ4v) is 5.96. The molecule has 0 bridgehead atoms. The average Bonchev–Trinajstić information content (AvgIpc) is 2.95. The standard InChI is InChI=1S/C31H35ClF3N3O4S/c1-5-28(30(40)36-18-21(2)3)37(19-23-9-6-7-12-27(23)32)29(39)20-38(25-11-8-10-24(17-25)31(33,34)35)43(41,42)26-15-13-22(4)14-16-26/h6-17,21,28H,5,18-20H2,1-4H3,(H,36,40)/t28-/m1/s1. The van der Waals surface area contributed by atoms with E-state index in [1.807, 2.05) is 13.8 Å². The topological polar surface area (TPSA) is 86.8 Å². The third-order valence-corrected chi connectivity index (χ3v) is 8.88. The summed E-state index contributed by atoms with van der Waals surface area (Å²) in [5.41, 5.74) is -0.142. The minimum Gasteiger partial charge on any atom is -0.354 e. The molecule has 3 aromatic carbocycles. The molecule has 0 aliphatic rings. The van der Waals surface area contributed by atoms with Gasteiger partial charge in [0.2, 0.25) is 11.8 Å². The summed E-state index contributed by atoms with van der Waals surface area (Å²) in [5.74, 6) is -1.10. The van der Waals surface area contributed by atoms with Gasteiger partial charge in [-0.2, -0.15) is 13.2 Å². The van der Waals surface area contributed by atoms with Crippen LogP contribution in [0.3, 0.4) is 0 Å². The molecule has 3 rings (SSSR count). The van der Waals surface area contributed by atoms with Crippen molar-refractivity contribution >= 4 is 39.1 Å². The Morgan fingerprint density at radius 3 is 2.21 bits per heavy atom. The van der Waals surface area contributed by atoms with Crippen LogP contribution in [0.15, 0.2) is 77.7 Å². The van der Waals surface area contributed by atoms with Gasteiger partial charge >= 0.3 is 6.18 Å². The molecular weight excluding hydrogens is 603 g/mol. The first-order valence-electron chi connectivity index (χ1n) is 13.7. The number of aryl methyl sites for hydroxylation is 1. The Hall–Kier alpha value is -3.57. The van der Waals surface area contributed by atoms with Crippen LogP contribution in [0.2, 0.25) is 5.02 Å². The molecule has 1 atom stereocenters. The molecule has 0 saturated heterocycles. The Morgan fingerprint density at radius 2 is 1.63 bits per heavy atom. The van der Waals surface area contributed by atoms with Crippen molar-refractivity contribution in [3.05, 3.63) is 94.5 Å². The highest BCUT2D eigenvalue weighted by molar-refractivity contribution is 7.92. The van der Waals surface area contributed by atoms with E-state index in [-0.39, 0.29) is 29.5 Å². The molecule has 0 spiro atoms. The zero-order valence-electron chi connectivity index (χ0n) is 24.4. The summed E-state index contributed by atoms with van der Waals surface area (Å²) in [6.07, 6.45) is -4.56. The van der Waals surface area contributed by atoms with E-state index in [1.165, 1.54) is 23.1 Å². The molecule has 0 heterocycles. The molecule has 0 aliphatic carbocycles. The van der Waals surface area contributed by atoms with Gasteiger partial charge in [0.25, 0.3) is 10.0 Å². The molecular formula is C31H35ClF3N3O4S. The molecule has 232 valence electrons. The maximum atomic E-state index is 14.1. The van der Waals surface area contributed by atoms with E-state index in [0.717, 1.165) is 17.7 Å². The summed E-state index contributed by atoms with van der Waals surface area (Å²) in [5, 5.41) is 3.15. The molecule has 2 amide bonds. The quantitative estimate of drug-likeness (QED) is 0.248. The predicted octanol–water partition coefficient (Wildman–Crippen LogP) is 6.44. The molecule has 0 aromatic heterocycles. The second-order valence-corrected chi connectivity index (χ2v) is 12.8. The summed E-state index contributed by atoms with van der Waals surface area (Å²) in [6, 6.07) is 15.2. The van der Waals surface area contributed by atoms with Gasteiger partial charge < -0.3 is 10.2 Å². The second kappa shape index (κ2) is 14.3. The van der Waals surface area contributed by atoms with E-state index >= 15 is 0 Å². The minimum atomic E-state index is -4.75. The highest BCUT2D eigenvalue weighted by Gasteiger charge is 2.36. The third-order valence-electron chi connectivity index (χ3n) is 6.72. The number of hydrogen-bond acceptors (Lipinski definition) is 4. The summed E-state index contributed by atoms with van der Waals surface area (Å²) in [4.78, 5) is 28.4. The van der Waals surface area contributed by atoms with Gasteiger partial charge in [-0.3, -0.25) is 13.9 Å². The number of hydrogen-bond donors (Lipinski definition) is 1. The Kier molecular flexibility index (Phi) is 11.3. The number of halogens is 4. The Balaban J connectivity index is 2.12. The van der Waals surface area contributed by atoms with Gasteiger partial charge in [0.05, 0.1) is 16.1 Å². The molecule has 0 fully saturated rings. The monoisotopic (exact) mass is 637 g/mol. The molecule has 12 heteroatoms. The van der Waals surface area contributed by atoms with Crippen LogP contribution in [-0.4, -0.2) is 44.3 Å². The molecule has 0 radical (unpaired) electrons. The van der Waals surface area contributed by atoms with Crippen molar-refractivity contribution in [2.24, 2.45) is 5.92 Å². The van der Waals surface area contributed by atoms with Crippen molar-refractivity contribution in [3.8, 4) is 0 Å². The van der Waals surface area contributed by atoms with Crippen molar-refractivity contribution in [1.82, 2.24) is 10.2 Å². The maximum absolute atomic E-state index is 14.1. The number of rotatable bonds is 12. The number of alkyl halides is 3. The number of anilines is 1. The lowest BCUT2D eigenvalue weighted by molar-refractivity contribution is -0.140. The normalized spacial score (nSPS) is 12.6. The van der Waals surface area contributed by atoms with Crippen LogP contribution in [-0.2, 0) is 32.3 Å². The second-order valence-electron chi connectivity index (χ2n) is 10.5. The minimum absolute atomic E-state index is 0.130. The number of sulfonamides is 1. The average molecular weight is 638 g/mol. The third kappa shape index (κ3) is 8.73. The molecule has 7 nitrogen and oxygen atoms in total. The number of carbonyl (C=O) groups excluding carboxylic acids is 2. The Labute approximate surface area is 255 Å². The van der Waals surface area contributed by atoms with Gasteiger partial charge in [0.15, 0.2) is 0 Å². The largest absolute Gasteiger partial charge is 0.416 e. The molecule has 0 unspecified atom stereocenters. The van der Waals surface area contributed by atoms with E-state index in [9.17, 15) is 31.2 Å². The van der Waals surface area contributed by atoms with Crippen LogP contribution < -0.4 is 9.62 Å². The zero-order valence-corrected chi connectivity index (χ0v) is 25.9. The van der Waals surface area contributed by atoms with Gasteiger partial charge in [-0.1, -0.05) is 74.3 Å². The first-order valence-corrected chi connectivity index (χ1v) is 15.5. The number of amides is 2. The van der Waals surface area contributed by atoms with Crippen molar-refractivity contribution in [1.29, 1.82) is 0 Å². The van der Waals surface area contributed by atoms with Crippen molar-refractivity contribution in [2.75, 3.05) is 17.4 Å². The molecule has 1 N–H and O–H groups in total. The SMILES string of the molecule is CC[C@H](C(=O)NCC(C)C)N(Cc1ccccc1Cl)C(=O)CN(c1cccc(C(F)(F)F)c1)S(=O)(=O)c1ccc(C)cc1. The number of nitrogens with one attached hydrogen (secondary N) is 1. The van der Waals surface area contributed by atoms with Crippen LogP contribution in [0.25, 0.3) is 0 Å². The summed E-state index contributed by atoms with van der Waals surface area (Å²) >= 11 is 6.38. The highest BCUT2D eigenvalue weighted by atomic mass is 35.5. The molecule has 0 aliphatic heterocycles. The van der Waals surface area contributed by atoms with E-state index in [0.29, 0.717) is 27.5 Å². The summed E-state index contributed by atoms with van der Waals surface area (Å²) in [7, 11) is -4.53. The Morgan fingerprint density at radius 1 is 0.977 bits per heavy atom. The fourth-order valence-electron chi connectivity index (χ4n) is 4.36. The van der Waals surface area contributed by atoms with Crippen LogP contribution in [0.5, 0.6) is 0 Å². The van der Waals surface area contributed by atoms with E-state index in [4.69, 9.17) is 11.6 Å². The zero-order chi connectivity index (χ0) is 31.9. The highest BCUT2D eigenvalue weighted by Crippen LogP contribution is 2.33. The summed E-state index contributed by atoms with van der Waals surface area (Å²) < 4.78 is 69.4. The van der Waals surface area contributed by atoms with Crippen LogP contribution >= 0.6 is 11.6 Å². The Bertz CT molecular complexity index is 1530. The first kappa shape index (κ1) is 33.9. The van der Waals surface area contributed by atoms with Crippen molar-refractivity contribution < 1.29 is 31.2 Å². The predicted molar refractivity (Wildman–Crippen MR) is 161 cm³/mol. The molecule has 3 aromatic rings. The fraction of sp³-hybridized carbons (Fsp3) is 0.355. The van der Waals surface area contributed by atoms with E-state index in [1.54, 1.807) is 50.2 Å². The number of benzene rings is 3. The van der Waals surface area contributed by atoms with Crippen LogP contribution in [0, 0.1) is 12.8 Å². The van der Waals surface area contributed by atoms with Gasteiger partial charge in [-0.15, -0.1) is 0 Å². The number of carbonyl (C=O) groups is 2. The van der Waals surface area contributed by atoms with Crippen molar-refractivity contribution in [2.45, 2.75) is 57.8 Å². The van der Waals surface area contributed by atoms with Crippen molar-refractivity contribution in [3.63, 3.8) is 0 Å². The smallest absolute Gasteiger partial charge is 0.354 e. The molecule has 43 heavy (non-hydrogen) atoms. The lowest BCUT2D eigenvalue weighted by Crippen LogP contribution is -2.52. The van der Waals surface area contributed by atoms with Gasteiger partial charge in [0, 0.05) is 18.1 Å². The summed E-state index contributed by atoms with van der Waals surface area (Å²) in [6.45, 7) is 6.64. The maximum Gasteiger partial charge on any atom is 0.416 e. The lowest BCUT2D eigenvalue weighted by Gasteiger charge is -2.33. The van der Waals surface area contributed by atoms with Gasteiger partial charge in [-0.25, -0.2) is 8.42 Å². The lowest BCUT2D eigenvalue weighted by atomic mass is 10.1. The van der Waals surface area contributed by atoms with Crippen LogP contribution in [0.4, 0.5) is 18.9 Å². The van der Waals surface area contributed by atoms with Gasteiger partial charge in [0.1, 0.15) is 12.6 Å². The van der Waals surface area contributed by atoms with E-state index < -0.39 is 46.2 Å². The van der Waals surface area contributed by atoms with Gasteiger partial charge in [-0.05, 0) is 61.2 Å². The molecule has 0 saturated carbocycles. The van der Waals surface area contributed by atoms with Crippen LogP contribution in [0.1, 0.15) is 43.9 Å².